The summed E-state index contributed by atoms with van der Waals surface area (Å²) >= 11 is 0. The van der Waals surface area contributed by atoms with Crippen molar-refractivity contribution in [3.05, 3.63) is 42.5 Å². The summed E-state index contributed by atoms with van der Waals surface area (Å²) in [4.78, 5) is 36.6. The van der Waals surface area contributed by atoms with E-state index in [1.807, 2.05) is 0 Å². The van der Waals surface area contributed by atoms with E-state index in [9.17, 15) is 14.4 Å². The zero-order valence-electron chi connectivity index (χ0n) is 15.5. The number of para-hydroxylation sites is 2. The first-order chi connectivity index (χ1) is 14.0. The van der Waals surface area contributed by atoms with Crippen LogP contribution in [0.5, 0.6) is 17.2 Å². The minimum atomic E-state index is -1.06. The Morgan fingerprint density at radius 2 is 1.97 bits per heavy atom. The van der Waals surface area contributed by atoms with Gasteiger partial charge in [0.1, 0.15) is 5.75 Å². The molecule has 2 aromatic carbocycles. The largest absolute Gasteiger partial charge is 0.478 e. The second-order valence-electron chi connectivity index (χ2n) is 6.49. The van der Waals surface area contributed by atoms with Gasteiger partial charge in [-0.3, -0.25) is 14.4 Å². The van der Waals surface area contributed by atoms with E-state index in [-0.39, 0.29) is 13.2 Å². The first kappa shape index (κ1) is 18.6. The molecule has 0 bridgehead atoms. The molecule has 2 aliphatic rings. The highest BCUT2D eigenvalue weighted by Gasteiger charge is 2.31. The summed E-state index contributed by atoms with van der Waals surface area (Å²) in [7, 11) is 0. The average Bonchev–Trinajstić information content (AvgIpc) is 3.16. The van der Waals surface area contributed by atoms with E-state index in [0.717, 1.165) is 0 Å². The number of carbonyl (C=O) groups is 3. The topological polar surface area (TPSA) is 112 Å². The minimum absolute atomic E-state index is 0.127. The van der Waals surface area contributed by atoms with Gasteiger partial charge in [-0.2, -0.15) is 0 Å². The smallest absolute Gasteiger partial charge is 0.310 e. The maximum atomic E-state index is 12.3. The third-order valence-electron chi connectivity index (χ3n) is 4.38. The van der Waals surface area contributed by atoms with Crippen LogP contribution in [0.2, 0.25) is 0 Å². The molecule has 0 saturated heterocycles. The van der Waals surface area contributed by atoms with Gasteiger partial charge in [-0.05, 0) is 31.2 Å². The molecule has 0 radical (unpaired) electrons. The fourth-order valence-corrected chi connectivity index (χ4v) is 2.90. The number of benzene rings is 2. The van der Waals surface area contributed by atoms with Gasteiger partial charge in [0.15, 0.2) is 23.7 Å². The number of rotatable bonds is 5. The van der Waals surface area contributed by atoms with Crippen LogP contribution >= 0.6 is 0 Å². The average molecular weight is 398 g/mol. The van der Waals surface area contributed by atoms with Gasteiger partial charge in [-0.15, -0.1) is 0 Å². The quantitative estimate of drug-likeness (QED) is 0.742. The molecule has 0 fully saturated rings. The predicted octanol–water partition coefficient (Wildman–Crippen LogP) is 2.08. The molecular weight excluding hydrogens is 380 g/mol. The fourth-order valence-electron chi connectivity index (χ4n) is 2.90. The molecule has 2 aromatic rings. The molecule has 0 spiro atoms. The van der Waals surface area contributed by atoms with Crippen LogP contribution in [0.1, 0.15) is 13.3 Å². The van der Waals surface area contributed by atoms with Crippen molar-refractivity contribution in [3.63, 3.8) is 0 Å². The molecule has 2 N–H and O–H groups in total. The molecule has 9 nitrogen and oxygen atoms in total. The van der Waals surface area contributed by atoms with E-state index >= 15 is 0 Å². The molecule has 9 heteroatoms. The van der Waals surface area contributed by atoms with Crippen molar-refractivity contribution in [2.45, 2.75) is 25.6 Å². The number of esters is 1. The van der Waals surface area contributed by atoms with E-state index in [4.69, 9.17) is 18.9 Å². The SMILES string of the molecule is C[C@@H](OC(=O)C[C@H]1Oc2ccccc2NC1=O)C(=O)Nc1ccc2c(c1)OCO2. The highest BCUT2D eigenvalue weighted by Crippen LogP contribution is 2.34. The normalized spacial score (nSPS) is 17.4. The Morgan fingerprint density at radius 1 is 1.17 bits per heavy atom. The van der Waals surface area contributed by atoms with Gasteiger partial charge in [0.05, 0.1) is 12.1 Å². The number of ether oxygens (including phenoxy) is 4. The number of anilines is 2. The number of hydrogen-bond donors (Lipinski definition) is 2. The maximum absolute atomic E-state index is 12.3. The Labute approximate surface area is 165 Å². The van der Waals surface area contributed by atoms with Crippen molar-refractivity contribution in [1.82, 2.24) is 0 Å². The van der Waals surface area contributed by atoms with Crippen molar-refractivity contribution in [3.8, 4) is 17.2 Å². The van der Waals surface area contributed by atoms with Crippen molar-refractivity contribution >= 4 is 29.2 Å². The van der Waals surface area contributed by atoms with E-state index in [2.05, 4.69) is 10.6 Å². The van der Waals surface area contributed by atoms with Crippen LogP contribution in [0.25, 0.3) is 0 Å². The van der Waals surface area contributed by atoms with Gasteiger partial charge >= 0.3 is 5.97 Å². The molecule has 2 atom stereocenters. The predicted molar refractivity (Wildman–Crippen MR) is 101 cm³/mol. The molecule has 2 amide bonds. The Kier molecular flexibility index (Phi) is 4.94. The highest BCUT2D eigenvalue weighted by molar-refractivity contribution is 6.00. The van der Waals surface area contributed by atoms with Crippen LogP contribution in [-0.4, -0.2) is 36.8 Å². The number of fused-ring (bicyclic) bond motifs is 2. The van der Waals surface area contributed by atoms with Crippen LogP contribution < -0.4 is 24.8 Å². The van der Waals surface area contributed by atoms with Crippen LogP contribution in [-0.2, 0) is 19.1 Å². The summed E-state index contributed by atoms with van der Waals surface area (Å²) in [5, 5.41) is 5.31. The van der Waals surface area contributed by atoms with Crippen molar-refractivity contribution < 1.29 is 33.3 Å². The molecule has 0 unspecified atom stereocenters. The lowest BCUT2D eigenvalue weighted by Crippen LogP contribution is -2.40. The third-order valence-corrected chi connectivity index (χ3v) is 4.38. The molecule has 0 saturated carbocycles. The number of nitrogens with one attached hydrogen (secondary N) is 2. The van der Waals surface area contributed by atoms with Gasteiger partial charge in [0.25, 0.3) is 11.8 Å². The molecule has 0 aromatic heterocycles. The fraction of sp³-hybridized carbons (Fsp3) is 0.250. The summed E-state index contributed by atoms with van der Waals surface area (Å²) in [6.07, 6.45) is -2.41. The number of carbonyl (C=O) groups excluding carboxylic acids is 3. The lowest BCUT2D eigenvalue weighted by molar-refractivity contribution is -0.155. The summed E-state index contributed by atoms with van der Waals surface area (Å²) < 4.78 is 21.2. The third kappa shape index (κ3) is 4.08. The van der Waals surface area contributed by atoms with E-state index in [0.29, 0.717) is 28.6 Å². The molecular formula is C20H18N2O7. The summed E-state index contributed by atoms with van der Waals surface area (Å²) in [6.45, 7) is 1.57. The summed E-state index contributed by atoms with van der Waals surface area (Å²) in [6, 6.07) is 11.8. The first-order valence-corrected chi connectivity index (χ1v) is 8.96. The molecule has 29 heavy (non-hydrogen) atoms. The van der Waals surface area contributed by atoms with Gasteiger partial charge in [-0.1, -0.05) is 12.1 Å². The highest BCUT2D eigenvalue weighted by atomic mass is 16.7. The molecule has 150 valence electrons. The summed E-state index contributed by atoms with van der Waals surface area (Å²) in [5.74, 6) is -0.103. The van der Waals surface area contributed by atoms with Crippen LogP contribution in [0, 0.1) is 0 Å². The van der Waals surface area contributed by atoms with E-state index < -0.39 is 30.0 Å². The standard InChI is InChI=1S/C20H18N2O7/c1-11(19(24)21-12-6-7-15-16(8-12)27-10-26-15)28-18(23)9-17-20(25)22-13-4-2-3-5-14(13)29-17/h2-8,11,17H,9-10H2,1H3,(H,21,24)(H,22,25)/t11-,17-/m1/s1. The zero-order chi connectivity index (χ0) is 20.4. The number of hydrogen-bond acceptors (Lipinski definition) is 7. The Morgan fingerprint density at radius 3 is 2.83 bits per heavy atom. The minimum Gasteiger partial charge on any atom is -0.478 e. The lowest BCUT2D eigenvalue weighted by Gasteiger charge is -2.25. The summed E-state index contributed by atoms with van der Waals surface area (Å²) in [5.41, 5.74) is 1.02. The van der Waals surface area contributed by atoms with Crippen LogP contribution in [0.15, 0.2) is 42.5 Å². The van der Waals surface area contributed by atoms with E-state index in [1.165, 1.54) is 6.92 Å². The Bertz CT molecular complexity index is 975. The molecule has 0 aliphatic carbocycles. The molecule has 4 rings (SSSR count). The van der Waals surface area contributed by atoms with Crippen LogP contribution in [0.4, 0.5) is 11.4 Å². The van der Waals surface area contributed by atoms with Crippen molar-refractivity contribution in [1.29, 1.82) is 0 Å². The second-order valence-corrected chi connectivity index (χ2v) is 6.49. The Hall–Kier alpha value is -3.75. The second kappa shape index (κ2) is 7.70. The van der Waals surface area contributed by atoms with Crippen molar-refractivity contribution in [2.24, 2.45) is 0 Å². The van der Waals surface area contributed by atoms with Gasteiger partial charge < -0.3 is 29.6 Å². The Balaban J connectivity index is 1.31. The van der Waals surface area contributed by atoms with Gasteiger partial charge in [0, 0.05) is 11.8 Å². The monoisotopic (exact) mass is 398 g/mol. The first-order valence-electron chi connectivity index (χ1n) is 8.96. The van der Waals surface area contributed by atoms with Gasteiger partial charge in [-0.25, -0.2) is 0 Å². The van der Waals surface area contributed by atoms with Crippen molar-refractivity contribution in [2.75, 3.05) is 17.4 Å². The maximum Gasteiger partial charge on any atom is 0.310 e. The molecule has 2 heterocycles. The van der Waals surface area contributed by atoms with Crippen LogP contribution in [0.3, 0.4) is 0 Å². The number of amides is 2. The van der Waals surface area contributed by atoms with E-state index in [1.54, 1.807) is 42.5 Å². The molecule has 2 aliphatic heterocycles. The zero-order valence-corrected chi connectivity index (χ0v) is 15.5. The van der Waals surface area contributed by atoms with Gasteiger partial charge in [0.2, 0.25) is 6.79 Å². The lowest BCUT2D eigenvalue weighted by atomic mass is 10.1.